The molecule has 0 heterocycles. The van der Waals surface area contributed by atoms with Crippen LogP contribution in [-0.2, 0) is 17.6 Å². The van der Waals surface area contributed by atoms with Crippen LogP contribution in [0.5, 0.6) is 0 Å². The Morgan fingerprint density at radius 3 is 1.18 bits per heavy atom. The molecule has 2 aromatic carbocycles. The van der Waals surface area contributed by atoms with Crippen LogP contribution in [0.25, 0.3) is 0 Å². The van der Waals surface area contributed by atoms with Crippen LogP contribution in [0.1, 0.15) is 150 Å². The Kier molecular flexibility index (Phi) is 13.6. The van der Waals surface area contributed by atoms with Crippen LogP contribution in [0.15, 0.2) is 61.7 Å². The van der Waals surface area contributed by atoms with Gasteiger partial charge < -0.3 is 4.74 Å². The van der Waals surface area contributed by atoms with E-state index in [2.05, 4.69) is 37.4 Å². The molecule has 1 nitrogen and oxygen atoms in total. The Balaban J connectivity index is 0.840. The van der Waals surface area contributed by atoms with Crippen LogP contribution in [0, 0.1) is 47.1 Å². The number of allylic oxidation sites excluding steroid dienone is 2. The van der Waals surface area contributed by atoms with Crippen LogP contribution in [0.2, 0.25) is 0 Å². The minimum absolute atomic E-state index is 0.0551. The molecule has 4 saturated carbocycles. The summed E-state index contributed by atoms with van der Waals surface area (Å²) in [5.74, 6) is 5.88. The van der Waals surface area contributed by atoms with E-state index in [1.165, 1.54) is 114 Å². The van der Waals surface area contributed by atoms with Gasteiger partial charge in [-0.05, 0) is 210 Å². The van der Waals surface area contributed by atoms with Gasteiger partial charge in [0.25, 0.3) is 0 Å². The third-order valence-corrected chi connectivity index (χ3v) is 13.7. The van der Waals surface area contributed by atoms with Gasteiger partial charge in [-0.25, -0.2) is 8.78 Å². The van der Waals surface area contributed by atoms with Gasteiger partial charge in [0, 0.05) is 13.2 Å². The molecule has 0 spiro atoms. The van der Waals surface area contributed by atoms with E-state index in [9.17, 15) is 0 Å². The summed E-state index contributed by atoms with van der Waals surface area (Å²) < 4.78 is 36.0. The number of benzene rings is 2. The predicted molar refractivity (Wildman–Crippen MR) is 201 cm³/mol. The van der Waals surface area contributed by atoms with E-state index >= 15 is 8.78 Å². The van der Waals surface area contributed by atoms with Crippen LogP contribution >= 0.6 is 0 Å². The minimum atomic E-state index is -0.0551. The molecule has 0 saturated heterocycles. The first-order chi connectivity index (χ1) is 24.0. The Labute approximate surface area is 297 Å². The molecule has 2 aromatic rings. The van der Waals surface area contributed by atoms with Crippen molar-refractivity contribution in [3.8, 4) is 0 Å². The summed E-state index contributed by atoms with van der Waals surface area (Å²) in [7, 11) is 0. The predicted octanol–water partition coefficient (Wildman–Crippen LogP) is 13.1. The molecule has 268 valence electrons. The van der Waals surface area contributed by atoms with Gasteiger partial charge in [-0.2, -0.15) is 0 Å². The third-order valence-electron chi connectivity index (χ3n) is 13.7. The molecular weight excluding hydrogens is 607 g/mol. The number of rotatable bonds is 14. The number of hydrogen-bond donors (Lipinski definition) is 0. The summed E-state index contributed by atoms with van der Waals surface area (Å²) in [5.41, 5.74) is 3.98. The topological polar surface area (TPSA) is 9.23 Å². The number of ether oxygens (including phenoxy) is 1. The second kappa shape index (κ2) is 18.3. The Hall–Kier alpha value is -2.26. The molecule has 0 atom stereocenters. The zero-order valence-electron chi connectivity index (χ0n) is 30.4. The van der Waals surface area contributed by atoms with E-state index in [0.717, 1.165) is 59.5 Å². The second-order valence-corrected chi connectivity index (χ2v) is 16.6. The van der Waals surface area contributed by atoms with E-state index < -0.39 is 0 Å². The van der Waals surface area contributed by atoms with Crippen LogP contribution < -0.4 is 0 Å². The molecule has 0 radical (unpaired) electrons. The molecule has 4 aliphatic rings. The summed E-state index contributed by atoms with van der Waals surface area (Å²) in [5, 5.41) is 0. The van der Waals surface area contributed by atoms with Gasteiger partial charge in [0.05, 0.1) is 0 Å². The standard InChI is InChI=1S/C46H64F2O/c1-3-33-9-13-35(14-10-33)37-17-21-39(22-18-37)43-27-25-41(45(47)31-43)7-5-29-49-30-6-8-42-26-28-44(32-46(42)48)40-23-19-38(20-24-40)36-15-11-34(4-2)12-16-36/h3-4,25-28,31-40H,1-2,5-24,29-30H2. The average molecular weight is 671 g/mol. The molecule has 0 unspecified atom stereocenters. The molecule has 0 amide bonds. The second-order valence-electron chi connectivity index (χ2n) is 16.6. The lowest BCUT2D eigenvalue weighted by Crippen LogP contribution is -2.25. The maximum absolute atomic E-state index is 15.1. The molecule has 49 heavy (non-hydrogen) atoms. The summed E-state index contributed by atoms with van der Waals surface area (Å²) in [6.07, 6.45) is 28.0. The lowest BCUT2D eigenvalue weighted by Gasteiger charge is -2.37. The fourth-order valence-electron chi connectivity index (χ4n) is 10.4. The van der Waals surface area contributed by atoms with Crippen molar-refractivity contribution >= 4 is 0 Å². The van der Waals surface area contributed by atoms with Crippen molar-refractivity contribution in [1.29, 1.82) is 0 Å². The highest BCUT2D eigenvalue weighted by Gasteiger charge is 2.32. The Morgan fingerprint density at radius 2 is 0.857 bits per heavy atom. The fraction of sp³-hybridized carbons (Fsp3) is 0.652. The van der Waals surface area contributed by atoms with Gasteiger partial charge in [0.1, 0.15) is 11.6 Å². The number of halogens is 2. The Morgan fingerprint density at radius 1 is 0.510 bits per heavy atom. The third kappa shape index (κ3) is 9.96. The molecule has 6 rings (SSSR count). The van der Waals surface area contributed by atoms with E-state index in [1.807, 2.05) is 24.3 Å². The molecule has 0 N–H and O–H groups in total. The zero-order valence-corrected chi connectivity index (χ0v) is 30.4. The van der Waals surface area contributed by atoms with Crippen molar-refractivity contribution in [2.75, 3.05) is 13.2 Å². The average Bonchev–Trinajstić information content (AvgIpc) is 3.15. The molecule has 0 aromatic heterocycles. The van der Waals surface area contributed by atoms with Crippen molar-refractivity contribution in [3.05, 3.63) is 95.6 Å². The maximum Gasteiger partial charge on any atom is 0.126 e. The van der Waals surface area contributed by atoms with Crippen LogP contribution in [0.3, 0.4) is 0 Å². The summed E-state index contributed by atoms with van der Waals surface area (Å²) >= 11 is 0. The van der Waals surface area contributed by atoms with Gasteiger partial charge in [0.2, 0.25) is 0 Å². The highest BCUT2D eigenvalue weighted by atomic mass is 19.1. The highest BCUT2D eigenvalue weighted by Crippen LogP contribution is 2.45. The van der Waals surface area contributed by atoms with Gasteiger partial charge in [-0.1, -0.05) is 36.4 Å². The van der Waals surface area contributed by atoms with Crippen molar-refractivity contribution in [3.63, 3.8) is 0 Å². The smallest absolute Gasteiger partial charge is 0.126 e. The lowest BCUT2D eigenvalue weighted by atomic mass is 9.68. The van der Waals surface area contributed by atoms with Gasteiger partial charge in [-0.3, -0.25) is 0 Å². The van der Waals surface area contributed by atoms with Crippen molar-refractivity contribution in [1.82, 2.24) is 0 Å². The van der Waals surface area contributed by atoms with E-state index in [0.29, 0.717) is 37.9 Å². The van der Waals surface area contributed by atoms with Gasteiger partial charge >= 0.3 is 0 Å². The molecule has 4 aliphatic carbocycles. The van der Waals surface area contributed by atoms with Crippen LogP contribution in [-0.4, -0.2) is 13.2 Å². The Bertz CT molecular complexity index is 1220. The SMILES string of the molecule is C=CC1CCC(C2CCC(c3ccc(CCCOCCCc4ccc(C5CCC(C6CCC(C=C)CC6)CC5)cc4F)c(F)c3)CC2)CC1. The molecule has 0 bridgehead atoms. The van der Waals surface area contributed by atoms with Crippen molar-refractivity contribution in [2.24, 2.45) is 35.5 Å². The van der Waals surface area contributed by atoms with Crippen molar-refractivity contribution < 1.29 is 13.5 Å². The van der Waals surface area contributed by atoms with Crippen LogP contribution in [0.4, 0.5) is 8.78 Å². The van der Waals surface area contributed by atoms with E-state index in [-0.39, 0.29) is 11.6 Å². The van der Waals surface area contributed by atoms with E-state index in [4.69, 9.17) is 4.74 Å². The first kappa shape index (κ1) is 36.5. The monoisotopic (exact) mass is 670 g/mol. The molecule has 3 heteroatoms. The molecule has 4 fully saturated rings. The lowest BCUT2D eigenvalue weighted by molar-refractivity contribution is 0.129. The van der Waals surface area contributed by atoms with Gasteiger partial charge in [0.15, 0.2) is 0 Å². The zero-order chi connectivity index (χ0) is 34.0. The molecular formula is C46H64F2O. The maximum atomic E-state index is 15.1. The first-order valence-electron chi connectivity index (χ1n) is 20.4. The highest BCUT2D eigenvalue weighted by molar-refractivity contribution is 5.29. The van der Waals surface area contributed by atoms with Crippen molar-refractivity contribution in [2.45, 2.75) is 140 Å². The first-order valence-corrected chi connectivity index (χ1v) is 20.4. The van der Waals surface area contributed by atoms with Gasteiger partial charge in [-0.15, -0.1) is 13.2 Å². The fourth-order valence-corrected chi connectivity index (χ4v) is 10.4. The quantitative estimate of drug-likeness (QED) is 0.144. The number of aryl methyl sites for hydroxylation is 2. The summed E-state index contributed by atoms with van der Waals surface area (Å²) in [4.78, 5) is 0. The number of hydrogen-bond acceptors (Lipinski definition) is 1. The minimum Gasteiger partial charge on any atom is -0.381 e. The summed E-state index contributed by atoms with van der Waals surface area (Å²) in [6, 6.07) is 12.0. The largest absolute Gasteiger partial charge is 0.381 e. The normalized spacial score (nSPS) is 30.9. The summed E-state index contributed by atoms with van der Waals surface area (Å²) in [6.45, 7) is 9.22. The molecule has 0 aliphatic heterocycles. The van der Waals surface area contributed by atoms with E-state index in [1.54, 1.807) is 0 Å².